The number of rotatable bonds is 2. The van der Waals surface area contributed by atoms with Gasteiger partial charge in [0, 0.05) is 44.4 Å². The Balaban J connectivity index is 1.59. The Hall–Kier alpha value is -1.98. The van der Waals surface area contributed by atoms with Gasteiger partial charge in [0.15, 0.2) is 5.79 Å². The van der Waals surface area contributed by atoms with E-state index < -0.39 is 5.79 Å². The largest absolute Gasteiger partial charge is 0.365 e. The van der Waals surface area contributed by atoms with Crippen LogP contribution >= 0.6 is 0 Å². The minimum absolute atomic E-state index is 0.0590. The Morgan fingerprint density at radius 2 is 1.67 bits per heavy atom. The summed E-state index contributed by atoms with van der Waals surface area (Å²) in [5.41, 5.74) is 3.79. The number of hydrogen-bond acceptors (Lipinski definition) is 4. The number of hydrogen-bond donors (Lipinski definition) is 1. The van der Waals surface area contributed by atoms with E-state index in [0.717, 1.165) is 26.2 Å². The third kappa shape index (κ3) is 3.63. The summed E-state index contributed by atoms with van der Waals surface area (Å²) in [5.74, 6) is -0.415. The monoisotopic (exact) mass is 404 g/mol. The maximum Gasteiger partial charge on any atom is 0.172 e. The number of likely N-dealkylation sites (tertiary alicyclic amines) is 2. The van der Waals surface area contributed by atoms with Crippen LogP contribution in [0.25, 0.3) is 6.08 Å². The fourth-order valence-corrected chi connectivity index (χ4v) is 5.87. The minimum Gasteiger partial charge on any atom is -0.365 e. The SMILES string of the molecule is CN1C/C(=C\c2ccccc2)C2OC3(O)CCN(C)CC3C(c3ccccc3)C2C1. The van der Waals surface area contributed by atoms with Gasteiger partial charge in [-0.2, -0.15) is 0 Å². The number of fused-ring (bicyclic) bond motifs is 2. The molecule has 1 N–H and O–H groups in total. The van der Waals surface area contributed by atoms with E-state index in [4.69, 9.17) is 4.74 Å². The molecular formula is C26H32N2O2. The van der Waals surface area contributed by atoms with Crippen molar-refractivity contribution >= 4 is 6.08 Å². The molecule has 0 radical (unpaired) electrons. The Kier molecular flexibility index (Phi) is 5.28. The van der Waals surface area contributed by atoms with Gasteiger partial charge in [-0.25, -0.2) is 0 Å². The third-order valence-corrected chi connectivity index (χ3v) is 7.23. The van der Waals surface area contributed by atoms with Gasteiger partial charge in [0.25, 0.3) is 0 Å². The van der Waals surface area contributed by atoms with Gasteiger partial charge in [-0.15, -0.1) is 0 Å². The van der Waals surface area contributed by atoms with E-state index in [9.17, 15) is 5.11 Å². The van der Waals surface area contributed by atoms with Crippen LogP contribution in [0.4, 0.5) is 0 Å². The normalized spacial score (nSPS) is 36.3. The lowest BCUT2D eigenvalue weighted by Gasteiger charge is -2.57. The van der Waals surface area contributed by atoms with Crippen molar-refractivity contribution in [3.8, 4) is 0 Å². The summed E-state index contributed by atoms with van der Waals surface area (Å²) < 4.78 is 6.65. The molecule has 3 saturated heterocycles. The smallest absolute Gasteiger partial charge is 0.172 e. The van der Waals surface area contributed by atoms with Crippen LogP contribution in [-0.2, 0) is 4.74 Å². The van der Waals surface area contributed by atoms with E-state index in [0.29, 0.717) is 12.3 Å². The molecule has 3 heterocycles. The van der Waals surface area contributed by atoms with E-state index in [2.05, 4.69) is 84.6 Å². The molecular weight excluding hydrogens is 372 g/mol. The molecule has 0 spiro atoms. The summed E-state index contributed by atoms with van der Waals surface area (Å²) in [4.78, 5) is 4.75. The highest BCUT2D eigenvalue weighted by atomic mass is 16.6. The lowest BCUT2D eigenvalue weighted by molar-refractivity contribution is -0.315. The van der Waals surface area contributed by atoms with Gasteiger partial charge in [0.2, 0.25) is 0 Å². The molecule has 3 aliphatic heterocycles. The fourth-order valence-electron chi connectivity index (χ4n) is 5.87. The van der Waals surface area contributed by atoms with Gasteiger partial charge in [-0.3, -0.25) is 0 Å². The van der Waals surface area contributed by atoms with Gasteiger partial charge >= 0.3 is 0 Å². The van der Waals surface area contributed by atoms with E-state index >= 15 is 0 Å². The van der Waals surface area contributed by atoms with Crippen molar-refractivity contribution in [2.24, 2.45) is 11.8 Å². The fraction of sp³-hybridized carbons (Fsp3) is 0.462. The predicted molar refractivity (Wildman–Crippen MR) is 120 cm³/mol. The molecule has 2 aromatic carbocycles. The molecule has 3 fully saturated rings. The molecule has 0 bridgehead atoms. The van der Waals surface area contributed by atoms with Gasteiger partial charge in [0.05, 0.1) is 6.10 Å². The first kappa shape index (κ1) is 20.0. The highest BCUT2D eigenvalue weighted by Crippen LogP contribution is 2.52. The highest BCUT2D eigenvalue weighted by Gasteiger charge is 2.57. The van der Waals surface area contributed by atoms with Gasteiger partial charge in [0.1, 0.15) is 0 Å². The maximum atomic E-state index is 11.7. The van der Waals surface area contributed by atoms with E-state index in [1.54, 1.807) is 0 Å². The first-order chi connectivity index (χ1) is 14.5. The minimum atomic E-state index is -1.07. The Labute approximate surface area is 179 Å². The summed E-state index contributed by atoms with van der Waals surface area (Å²) in [6, 6.07) is 21.3. The van der Waals surface area contributed by atoms with Crippen LogP contribution in [0.5, 0.6) is 0 Å². The summed E-state index contributed by atoms with van der Waals surface area (Å²) in [5, 5.41) is 11.7. The second-order valence-electron chi connectivity index (χ2n) is 9.43. The molecule has 2 aromatic rings. The van der Waals surface area contributed by atoms with E-state index in [1.807, 2.05) is 6.07 Å². The number of aliphatic hydroxyl groups is 1. The topological polar surface area (TPSA) is 35.9 Å². The van der Waals surface area contributed by atoms with Crippen LogP contribution in [0.2, 0.25) is 0 Å². The van der Waals surface area contributed by atoms with Crippen LogP contribution in [0.1, 0.15) is 23.5 Å². The first-order valence-electron chi connectivity index (χ1n) is 11.1. The summed E-state index contributed by atoms with van der Waals surface area (Å²) >= 11 is 0. The number of ether oxygens (including phenoxy) is 1. The molecule has 0 aliphatic carbocycles. The Morgan fingerprint density at radius 3 is 2.40 bits per heavy atom. The standard InChI is InChI=1S/C26H32N2O2/c1-27-14-13-26(29)23(18-27)24(20-11-7-4-8-12-20)22-17-28(2)16-21(25(22)30-26)15-19-9-5-3-6-10-19/h3-12,15,22-25,29H,13-14,16-18H2,1-2H3/b21-15+. The quantitative estimate of drug-likeness (QED) is 0.832. The Bertz CT molecular complexity index is 900. The maximum absolute atomic E-state index is 11.7. The van der Waals surface area contributed by atoms with Crippen molar-refractivity contribution in [1.82, 2.24) is 9.80 Å². The van der Waals surface area contributed by atoms with Crippen molar-refractivity contribution in [3.63, 3.8) is 0 Å². The zero-order chi connectivity index (χ0) is 20.7. The molecule has 0 aromatic heterocycles. The molecule has 0 amide bonds. The van der Waals surface area contributed by atoms with Gasteiger partial charge in [-0.05, 0) is 36.7 Å². The van der Waals surface area contributed by atoms with Crippen LogP contribution < -0.4 is 0 Å². The predicted octanol–water partition coefficient (Wildman–Crippen LogP) is 3.45. The molecule has 5 unspecified atom stereocenters. The van der Waals surface area contributed by atoms with Crippen LogP contribution in [0, 0.1) is 11.8 Å². The molecule has 4 nitrogen and oxygen atoms in total. The first-order valence-corrected chi connectivity index (χ1v) is 11.1. The van der Waals surface area contributed by atoms with Crippen LogP contribution in [-0.4, -0.2) is 67.1 Å². The van der Waals surface area contributed by atoms with E-state index in [1.165, 1.54) is 16.7 Å². The zero-order valence-electron chi connectivity index (χ0n) is 17.9. The number of nitrogens with zero attached hydrogens (tertiary/aromatic N) is 2. The van der Waals surface area contributed by atoms with Gasteiger partial charge in [-0.1, -0.05) is 66.7 Å². The number of benzene rings is 2. The molecule has 5 atom stereocenters. The van der Waals surface area contributed by atoms with Crippen molar-refractivity contribution in [3.05, 3.63) is 77.4 Å². The molecule has 30 heavy (non-hydrogen) atoms. The lowest BCUT2D eigenvalue weighted by atomic mass is 9.64. The molecule has 0 saturated carbocycles. The van der Waals surface area contributed by atoms with Gasteiger partial charge < -0.3 is 19.6 Å². The molecule has 5 rings (SSSR count). The number of piperidine rings is 2. The summed E-state index contributed by atoms with van der Waals surface area (Å²) in [6.45, 7) is 3.58. The second-order valence-corrected chi connectivity index (χ2v) is 9.43. The van der Waals surface area contributed by atoms with Crippen LogP contribution in [0.15, 0.2) is 66.2 Å². The summed E-state index contributed by atoms with van der Waals surface area (Å²) in [6.07, 6.45) is 2.87. The van der Waals surface area contributed by atoms with E-state index in [-0.39, 0.29) is 17.9 Å². The molecule has 158 valence electrons. The second kappa shape index (κ2) is 7.93. The third-order valence-electron chi connectivity index (χ3n) is 7.23. The van der Waals surface area contributed by atoms with Crippen molar-refractivity contribution in [2.45, 2.75) is 24.2 Å². The average Bonchev–Trinajstić information content (AvgIpc) is 2.75. The van der Waals surface area contributed by atoms with Crippen molar-refractivity contribution in [1.29, 1.82) is 0 Å². The zero-order valence-corrected chi connectivity index (χ0v) is 17.9. The Morgan fingerprint density at radius 1 is 0.967 bits per heavy atom. The van der Waals surface area contributed by atoms with Crippen molar-refractivity contribution < 1.29 is 9.84 Å². The van der Waals surface area contributed by atoms with Crippen molar-refractivity contribution in [2.75, 3.05) is 40.3 Å². The molecule has 4 heteroatoms. The summed E-state index contributed by atoms with van der Waals surface area (Å²) in [7, 11) is 4.35. The van der Waals surface area contributed by atoms with Crippen LogP contribution in [0.3, 0.4) is 0 Å². The number of likely N-dealkylation sites (N-methyl/N-ethyl adjacent to an activating group) is 1. The highest BCUT2D eigenvalue weighted by molar-refractivity contribution is 5.55. The average molecular weight is 405 g/mol. The lowest BCUT2D eigenvalue weighted by Crippen LogP contribution is -2.64. The molecule has 3 aliphatic rings.